The molecule has 0 amide bonds. The Kier molecular flexibility index (Phi) is 5.21. The van der Waals surface area contributed by atoms with Crippen LogP contribution >= 0.6 is 12.4 Å². The summed E-state index contributed by atoms with van der Waals surface area (Å²) in [6.07, 6.45) is 0. The molecule has 1 unspecified atom stereocenters. The average molecular weight is 275 g/mol. The number of methoxy groups -OCH3 is 1. The van der Waals surface area contributed by atoms with Crippen LogP contribution in [0.5, 0.6) is 11.6 Å². The molecule has 1 atom stereocenters. The summed E-state index contributed by atoms with van der Waals surface area (Å²) in [6.45, 7) is 0.673. The number of aromatic hydroxyl groups is 1. The van der Waals surface area contributed by atoms with Crippen LogP contribution in [0.15, 0.2) is 22.7 Å². The number of halogens is 1. The first-order chi connectivity index (χ1) is 8.20. The van der Waals surface area contributed by atoms with E-state index in [0.717, 1.165) is 0 Å². The fourth-order valence-electron chi connectivity index (χ4n) is 1.46. The Labute approximate surface area is 110 Å². The Bertz CT molecular complexity index is 503. The van der Waals surface area contributed by atoms with Crippen molar-refractivity contribution in [2.45, 2.75) is 6.04 Å². The van der Waals surface area contributed by atoms with E-state index < -0.39 is 0 Å². The largest absolute Gasteiger partial charge is 0.508 e. The van der Waals surface area contributed by atoms with Gasteiger partial charge in [0.25, 0.3) is 5.88 Å². The summed E-state index contributed by atoms with van der Waals surface area (Å²) in [5.41, 5.74) is 6.27. The fraction of sp³-hybridized carbons (Fsp3) is 0.364. The second-order valence-corrected chi connectivity index (χ2v) is 3.69. The number of nitrogens with zero attached hydrogens (tertiary/aromatic N) is 1. The predicted molar refractivity (Wildman–Crippen MR) is 68.3 cm³/mol. The Balaban J connectivity index is 0.00000162. The lowest BCUT2D eigenvalue weighted by Crippen LogP contribution is -2.32. The first-order valence-corrected chi connectivity index (χ1v) is 5.16. The summed E-state index contributed by atoms with van der Waals surface area (Å²) in [7, 11) is 1.57. The van der Waals surface area contributed by atoms with Crippen LogP contribution < -0.4 is 10.5 Å². The van der Waals surface area contributed by atoms with E-state index in [1.54, 1.807) is 13.2 Å². The number of hydrogen-bond donors (Lipinski definition) is 2. The average Bonchev–Trinajstić information content (AvgIpc) is 2.69. The van der Waals surface area contributed by atoms with Crippen molar-refractivity contribution in [2.75, 3.05) is 20.3 Å². The van der Waals surface area contributed by atoms with E-state index in [1.807, 2.05) is 0 Å². The van der Waals surface area contributed by atoms with Crippen LogP contribution in [0.2, 0.25) is 0 Å². The van der Waals surface area contributed by atoms with Gasteiger partial charge in [0.1, 0.15) is 12.4 Å². The topological polar surface area (TPSA) is 90.7 Å². The van der Waals surface area contributed by atoms with Crippen molar-refractivity contribution < 1.29 is 19.1 Å². The summed E-state index contributed by atoms with van der Waals surface area (Å²) in [5, 5.41) is 13.7. The number of aromatic nitrogens is 1. The highest BCUT2D eigenvalue weighted by Gasteiger charge is 2.11. The molecule has 0 aliphatic rings. The van der Waals surface area contributed by atoms with E-state index in [2.05, 4.69) is 5.16 Å². The van der Waals surface area contributed by atoms with Crippen molar-refractivity contribution in [2.24, 2.45) is 5.73 Å². The van der Waals surface area contributed by atoms with Gasteiger partial charge in [-0.1, -0.05) is 0 Å². The number of hydrogen-bond acceptors (Lipinski definition) is 6. The molecule has 0 radical (unpaired) electrons. The highest BCUT2D eigenvalue weighted by Crippen LogP contribution is 2.27. The van der Waals surface area contributed by atoms with Gasteiger partial charge in [-0.15, -0.1) is 12.4 Å². The van der Waals surface area contributed by atoms with Crippen molar-refractivity contribution in [1.82, 2.24) is 5.16 Å². The highest BCUT2D eigenvalue weighted by molar-refractivity contribution is 5.85. The van der Waals surface area contributed by atoms with Crippen molar-refractivity contribution in [1.29, 1.82) is 0 Å². The second kappa shape index (κ2) is 6.44. The number of rotatable bonds is 5. The van der Waals surface area contributed by atoms with Gasteiger partial charge in [0.15, 0.2) is 5.58 Å². The van der Waals surface area contributed by atoms with E-state index in [-0.39, 0.29) is 30.8 Å². The maximum atomic E-state index is 9.37. The van der Waals surface area contributed by atoms with Gasteiger partial charge in [0, 0.05) is 7.11 Å². The van der Waals surface area contributed by atoms with Crippen LogP contribution in [-0.4, -0.2) is 36.6 Å². The Morgan fingerprint density at radius 3 is 2.94 bits per heavy atom. The Morgan fingerprint density at radius 1 is 1.44 bits per heavy atom. The number of fused-ring (bicyclic) bond motifs is 1. The Hall–Kier alpha value is -1.50. The molecule has 0 aliphatic carbocycles. The molecule has 0 saturated heterocycles. The minimum absolute atomic E-state index is 0. The predicted octanol–water partition coefficient (Wildman–Crippen LogP) is 1.31. The molecule has 1 heterocycles. The number of phenols is 1. The van der Waals surface area contributed by atoms with Crippen LogP contribution in [0.4, 0.5) is 0 Å². The number of nitrogens with two attached hydrogens (primary N) is 1. The van der Waals surface area contributed by atoms with E-state index in [4.69, 9.17) is 19.7 Å². The molecule has 100 valence electrons. The molecule has 6 nitrogen and oxygen atoms in total. The molecule has 18 heavy (non-hydrogen) atoms. The maximum absolute atomic E-state index is 9.37. The zero-order chi connectivity index (χ0) is 12.3. The standard InChI is InChI=1S/C11H14N2O4.ClH/c1-15-5-7(12)6-16-11-9-4-8(14)2-3-10(9)17-13-11;/h2-4,7,14H,5-6,12H2,1H3;1H. The normalized spacial score (nSPS) is 12.1. The molecular formula is C11H15ClN2O4. The zero-order valence-corrected chi connectivity index (χ0v) is 10.6. The van der Waals surface area contributed by atoms with Gasteiger partial charge < -0.3 is 24.8 Å². The molecule has 0 bridgehead atoms. The molecule has 1 aromatic carbocycles. The van der Waals surface area contributed by atoms with E-state index in [9.17, 15) is 5.11 Å². The van der Waals surface area contributed by atoms with Crippen LogP contribution in [0.1, 0.15) is 0 Å². The molecule has 1 aromatic heterocycles. The third-order valence-electron chi connectivity index (χ3n) is 2.24. The van der Waals surface area contributed by atoms with Crippen LogP contribution in [0.3, 0.4) is 0 Å². The summed E-state index contributed by atoms with van der Waals surface area (Å²) >= 11 is 0. The smallest absolute Gasteiger partial charge is 0.262 e. The van der Waals surface area contributed by atoms with Crippen molar-refractivity contribution in [3.05, 3.63) is 18.2 Å². The first kappa shape index (κ1) is 14.6. The second-order valence-electron chi connectivity index (χ2n) is 3.69. The highest BCUT2D eigenvalue weighted by atomic mass is 35.5. The maximum Gasteiger partial charge on any atom is 0.262 e. The number of benzene rings is 1. The molecule has 0 saturated carbocycles. The molecule has 2 aromatic rings. The van der Waals surface area contributed by atoms with E-state index in [0.29, 0.717) is 23.5 Å². The van der Waals surface area contributed by atoms with Crippen LogP contribution in [0.25, 0.3) is 11.0 Å². The van der Waals surface area contributed by atoms with Crippen molar-refractivity contribution in [3.63, 3.8) is 0 Å². The SMILES string of the molecule is COCC(N)COc1noc2ccc(O)cc12.Cl. The minimum atomic E-state index is -0.232. The van der Waals surface area contributed by atoms with Crippen LogP contribution in [-0.2, 0) is 4.74 Å². The summed E-state index contributed by atoms with van der Waals surface area (Å²) in [4.78, 5) is 0. The van der Waals surface area contributed by atoms with E-state index in [1.165, 1.54) is 12.1 Å². The molecule has 3 N–H and O–H groups in total. The molecule has 2 rings (SSSR count). The zero-order valence-electron chi connectivity index (χ0n) is 9.83. The van der Waals surface area contributed by atoms with Gasteiger partial charge >= 0.3 is 0 Å². The van der Waals surface area contributed by atoms with Gasteiger partial charge in [0.05, 0.1) is 18.0 Å². The minimum Gasteiger partial charge on any atom is -0.508 e. The molecular weight excluding hydrogens is 260 g/mol. The van der Waals surface area contributed by atoms with Crippen LogP contribution in [0, 0.1) is 0 Å². The number of phenolic OH excluding ortho intramolecular Hbond substituents is 1. The third-order valence-corrected chi connectivity index (χ3v) is 2.24. The quantitative estimate of drug-likeness (QED) is 0.854. The monoisotopic (exact) mass is 274 g/mol. The van der Waals surface area contributed by atoms with Crippen molar-refractivity contribution in [3.8, 4) is 11.6 Å². The van der Waals surface area contributed by atoms with Gasteiger partial charge in [-0.3, -0.25) is 0 Å². The lowest BCUT2D eigenvalue weighted by Gasteiger charge is -2.09. The summed E-state index contributed by atoms with van der Waals surface area (Å²) < 4.78 is 15.3. The number of ether oxygens (including phenoxy) is 2. The molecule has 0 aliphatic heterocycles. The molecule has 0 spiro atoms. The van der Waals surface area contributed by atoms with Gasteiger partial charge in [-0.05, 0) is 23.4 Å². The lowest BCUT2D eigenvalue weighted by molar-refractivity contribution is 0.149. The molecule has 7 heteroatoms. The van der Waals surface area contributed by atoms with Gasteiger partial charge in [-0.2, -0.15) is 0 Å². The molecule has 0 fully saturated rings. The Morgan fingerprint density at radius 2 is 2.22 bits per heavy atom. The summed E-state index contributed by atoms with van der Waals surface area (Å²) in [5.74, 6) is 0.453. The van der Waals surface area contributed by atoms with Gasteiger partial charge in [0.2, 0.25) is 0 Å². The third kappa shape index (κ3) is 3.25. The summed E-state index contributed by atoms with van der Waals surface area (Å²) in [6, 6.07) is 4.44. The fourth-order valence-corrected chi connectivity index (χ4v) is 1.46. The lowest BCUT2D eigenvalue weighted by atomic mass is 10.2. The van der Waals surface area contributed by atoms with E-state index >= 15 is 0 Å². The van der Waals surface area contributed by atoms with Gasteiger partial charge in [-0.25, -0.2) is 0 Å². The first-order valence-electron chi connectivity index (χ1n) is 5.16. The van der Waals surface area contributed by atoms with Crippen molar-refractivity contribution >= 4 is 23.4 Å².